The standard InChI is InChI=1S/C20H32N4O/c1-17-3-2-4-19(15-17)22-20(25)16-24-13-11-23(12-14-24)10-7-18-5-8-21-9-6-18/h5-6,8-9,17,19H,2-4,7,10-16H2,1H3,(H,22,25)/t17-,19-/m0/s1. The minimum absolute atomic E-state index is 0.212. The van der Waals surface area contributed by atoms with Gasteiger partial charge in [0.1, 0.15) is 0 Å². The van der Waals surface area contributed by atoms with E-state index in [4.69, 9.17) is 0 Å². The number of carbonyl (C=O) groups excluding carboxylic acids is 1. The smallest absolute Gasteiger partial charge is 0.234 e. The van der Waals surface area contributed by atoms with Crippen molar-refractivity contribution >= 4 is 5.91 Å². The molecular weight excluding hydrogens is 312 g/mol. The molecule has 5 nitrogen and oxygen atoms in total. The maximum Gasteiger partial charge on any atom is 0.234 e. The average molecular weight is 345 g/mol. The van der Waals surface area contributed by atoms with Gasteiger partial charge in [-0.05, 0) is 42.9 Å². The van der Waals surface area contributed by atoms with Crippen LogP contribution in [-0.2, 0) is 11.2 Å². The van der Waals surface area contributed by atoms with E-state index in [1.165, 1.54) is 18.4 Å². The number of nitrogens with zero attached hydrogens (tertiary/aromatic N) is 3. The predicted octanol–water partition coefficient (Wildman–Crippen LogP) is 1.94. The zero-order chi connectivity index (χ0) is 17.5. The van der Waals surface area contributed by atoms with Crippen LogP contribution in [0.2, 0.25) is 0 Å². The molecule has 1 aliphatic heterocycles. The van der Waals surface area contributed by atoms with E-state index in [9.17, 15) is 4.79 Å². The van der Waals surface area contributed by atoms with Crippen LogP contribution in [0.5, 0.6) is 0 Å². The SMILES string of the molecule is C[C@H]1CCC[C@H](NC(=O)CN2CCN(CCc3ccncc3)CC2)C1. The van der Waals surface area contributed by atoms with E-state index >= 15 is 0 Å². The van der Waals surface area contributed by atoms with Gasteiger partial charge in [-0.3, -0.25) is 14.7 Å². The Morgan fingerprint density at radius 2 is 1.88 bits per heavy atom. The maximum atomic E-state index is 12.3. The van der Waals surface area contributed by atoms with Gasteiger partial charge in [0.2, 0.25) is 5.91 Å². The van der Waals surface area contributed by atoms with E-state index in [0.717, 1.165) is 57.9 Å². The molecule has 3 rings (SSSR count). The average Bonchev–Trinajstić information content (AvgIpc) is 2.62. The minimum Gasteiger partial charge on any atom is -0.352 e. The molecule has 1 aromatic rings. The molecule has 1 aliphatic carbocycles. The van der Waals surface area contributed by atoms with E-state index in [2.05, 4.69) is 39.2 Å². The molecule has 1 N–H and O–H groups in total. The summed E-state index contributed by atoms with van der Waals surface area (Å²) >= 11 is 0. The summed E-state index contributed by atoms with van der Waals surface area (Å²) in [5, 5.41) is 3.25. The number of piperazine rings is 1. The Balaban J connectivity index is 1.32. The molecule has 2 heterocycles. The number of hydrogen-bond donors (Lipinski definition) is 1. The molecule has 0 bridgehead atoms. The summed E-state index contributed by atoms with van der Waals surface area (Å²) in [4.78, 5) is 21.2. The molecule has 1 saturated carbocycles. The molecule has 2 fully saturated rings. The molecular formula is C20H32N4O. The lowest BCUT2D eigenvalue weighted by Crippen LogP contribution is -2.51. The van der Waals surface area contributed by atoms with Crippen molar-refractivity contribution in [2.45, 2.75) is 45.1 Å². The van der Waals surface area contributed by atoms with Crippen LogP contribution in [0, 0.1) is 5.92 Å². The third-order valence-electron chi connectivity index (χ3n) is 5.60. The predicted molar refractivity (Wildman–Crippen MR) is 100 cm³/mol. The Morgan fingerprint density at radius 1 is 1.16 bits per heavy atom. The van der Waals surface area contributed by atoms with E-state index in [1.807, 2.05) is 12.4 Å². The summed E-state index contributed by atoms with van der Waals surface area (Å²) in [5.41, 5.74) is 1.35. The second kappa shape index (κ2) is 9.30. The summed E-state index contributed by atoms with van der Waals surface area (Å²) in [7, 11) is 0. The first kappa shape index (κ1) is 18.3. The Bertz CT molecular complexity index is 528. The van der Waals surface area contributed by atoms with Crippen molar-refractivity contribution in [3.05, 3.63) is 30.1 Å². The van der Waals surface area contributed by atoms with Gasteiger partial charge in [-0.1, -0.05) is 19.8 Å². The quantitative estimate of drug-likeness (QED) is 0.857. The van der Waals surface area contributed by atoms with Gasteiger partial charge in [0.15, 0.2) is 0 Å². The first-order valence-corrected chi connectivity index (χ1v) is 9.82. The van der Waals surface area contributed by atoms with E-state index in [1.54, 1.807) is 0 Å². The fourth-order valence-electron chi connectivity index (χ4n) is 4.05. The van der Waals surface area contributed by atoms with Crippen LogP contribution >= 0.6 is 0 Å². The Labute approximate surface area is 151 Å². The lowest BCUT2D eigenvalue weighted by molar-refractivity contribution is -0.123. The first-order valence-electron chi connectivity index (χ1n) is 9.82. The number of rotatable bonds is 6. The number of carbonyl (C=O) groups is 1. The van der Waals surface area contributed by atoms with Crippen LogP contribution in [0.3, 0.4) is 0 Å². The number of pyridine rings is 1. The molecule has 0 unspecified atom stereocenters. The lowest BCUT2D eigenvalue weighted by Gasteiger charge is -2.35. The molecule has 5 heteroatoms. The van der Waals surface area contributed by atoms with Gasteiger partial charge in [0, 0.05) is 51.2 Å². The Kier molecular flexibility index (Phi) is 6.82. The van der Waals surface area contributed by atoms with Gasteiger partial charge >= 0.3 is 0 Å². The molecule has 2 aliphatic rings. The third kappa shape index (κ3) is 6.08. The van der Waals surface area contributed by atoms with Crippen molar-refractivity contribution in [1.82, 2.24) is 20.1 Å². The van der Waals surface area contributed by atoms with Gasteiger partial charge in [-0.2, -0.15) is 0 Å². The van der Waals surface area contributed by atoms with Gasteiger partial charge in [-0.15, -0.1) is 0 Å². The highest BCUT2D eigenvalue weighted by Crippen LogP contribution is 2.23. The van der Waals surface area contributed by atoms with E-state index < -0.39 is 0 Å². The summed E-state index contributed by atoms with van der Waals surface area (Å²) in [6, 6.07) is 4.58. The molecule has 0 aromatic carbocycles. The first-order chi connectivity index (χ1) is 12.2. The molecule has 138 valence electrons. The lowest BCUT2D eigenvalue weighted by atomic mass is 9.87. The highest BCUT2D eigenvalue weighted by atomic mass is 16.2. The summed E-state index contributed by atoms with van der Waals surface area (Å²) < 4.78 is 0. The molecule has 1 aromatic heterocycles. The van der Waals surface area contributed by atoms with Crippen molar-refractivity contribution in [2.24, 2.45) is 5.92 Å². The van der Waals surface area contributed by atoms with Crippen molar-refractivity contribution < 1.29 is 4.79 Å². The summed E-state index contributed by atoms with van der Waals surface area (Å²) in [6.07, 6.45) is 9.66. The maximum absolute atomic E-state index is 12.3. The summed E-state index contributed by atoms with van der Waals surface area (Å²) in [5.74, 6) is 0.965. The normalized spacial score (nSPS) is 25.6. The Morgan fingerprint density at radius 3 is 2.60 bits per heavy atom. The van der Waals surface area contributed by atoms with Gasteiger partial charge in [-0.25, -0.2) is 0 Å². The molecule has 2 atom stereocenters. The van der Waals surface area contributed by atoms with Crippen LogP contribution in [0.4, 0.5) is 0 Å². The van der Waals surface area contributed by atoms with E-state index in [-0.39, 0.29) is 5.91 Å². The van der Waals surface area contributed by atoms with Crippen molar-refractivity contribution in [1.29, 1.82) is 0 Å². The molecule has 1 saturated heterocycles. The van der Waals surface area contributed by atoms with Crippen LogP contribution < -0.4 is 5.32 Å². The van der Waals surface area contributed by atoms with Gasteiger partial charge in [0.25, 0.3) is 0 Å². The topological polar surface area (TPSA) is 48.5 Å². The second-order valence-electron chi connectivity index (χ2n) is 7.76. The highest BCUT2D eigenvalue weighted by molar-refractivity contribution is 5.78. The van der Waals surface area contributed by atoms with Gasteiger partial charge < -0.3 is 10.2 Å². The molecule has 0 spiro atoms. The zero-order valence-electron chi connectivity index (χ0n) is 15.5. The Hall–Kier alpha value is -1.46. The summed E-state index contributed by atoms with van der Waals surface area (Å²) in [6.45, 7) is 8.03. The third-order valence-corrected chi connectivity index (χ3v) is 5.60. The number of aromatic nitrogens is 1. The molecule has 1 amide bonds. The number of amides is 1. The van der Waals surface area contributed by atoms with Crippen molar-refractivity contribution in [2.75, 3.05) is 39.3 Å². The largest absolute Gasteiger partial charge is 0.352 e. The number of hydrogen-bond acceptors (Lipinski definition) is 4. The fraction of sp³-hybridized carbons (Fsp3) is 0.700. The molecule has 25 heavy (non-hydrogen) atoms. The monoisotopic (exact) mass is 344 g/mol. The van der Waals surface area contributed by atoms with Crippen LogP contribution in [0.1, 0.15) is 38.2 Å². The number of nitrogens with one attached hydrogen (secondary N) is 1. The van der Waals surface area contributed by atoms with Crippen molar-refractivity contribution in [3.63, 3.8) is 0 Å². The fourth-order valence-corrected chi connectivity index (χ4v) is 4.05. The van der Waals surface area contributed by atoms with E-state index in [0.29, 0.717) is 12.6 Å². The van der Waals surface area contributed by atoms with Crippen LogP contribution in [0.25, 0.3) is 0 Å². The highest BCUT2D eigenvalue weighted by Gasteiger charge is 2.23. The minimum atomic E-state index is 0.212. The van der Waals surface area contributed by atoms with Crippen LogP contribution in [0.15, 0.2) is 24.5 Å². The van der Waals surface area contributed by atoms with Crippen molar-refractivity contribution in [3.8, 4) is 0 Å². The zero-order valence-corrected chi connectivity index (χ0v) is 15.5. The van der Waals surface area contributed by atoms with Crippen LogP contribution in [-0.4, -0.2) is 66.0 Å². The van der Waals surface area contributed by atoms with Gasteiger partial charge in [0.05, 0.1) is 6.54 Å². The molecule has 0 radical (unpaired) electrons. The second-order valence-corrected chi connectivity index (χ2v) is 7.76.